The Labute approximate surface area is 165 Å². The predicted octanol–water partition coefficient (Wildman–Crippen LogP) is 3.30. The Morgan fingerprint density at radius 2 is 1.89 bits per heavy atom. The van der Waals surface area contributed by atoms with E-state index >= 15 is 0 Å². The van der Waals surface area contributed by atoms with Crippen molar-refractivity contribution in [2.75, 3.05) is 38.1 Å². The Balaban J connectivity index is 1.33. The van der Waals surface area contributed by atoms with Crippen LogP contribution in [0.5, 0.6) is 5.75 Å². The molecule has 142 valence electrons. The summed E-state index contributed by atoms with van der Waals surface area (Å²) in [4.78, 5) is 9.01. The topological polar surface area (TPSA) is 51.1 Å². The Hall–Kier alpha value is -2.40. The van der Waals surface area contributed by atoms with Crippen LogP contribution in [-0.2, 0) is 0 Å². The lowest BCUT2D eigenvalue weighted by molar-refractivity contribution is 0.369. The average Bonchev–Trinajstić information content (AvgIpc) is 3.46. The van der Waals surface area contributed by atoms with Crippen LogP contribution in [0, 0.1) is 0 Å². The molecule has 27 heavy (non-hydrogen) atoms. The zero-order valence-electron chi connectivity index (χ0n) is 15.5. The van der Waals surface area contributed by atoms with Crippen molar-refractivity contribution in [1.29, 1.82) is 0 Å². The van der Waals surface area contributed by atoms with Crippen LogP contribution in [-0.4, -0.2) is 55.2 Å². The number of nitrogens with zero attached hydrogens (tertiary/aromatic N) is 3. The molecule has 2 aromatic rings. The summed E-state index contributed by atoms with van der Waals surface area (Å²) in [5, 5.41) is 14.5. The molecule has 2 aromatic carbocycles. The lowest BCUT2D eigenvalue weighted by atomic mass is 10.1. The number of phenolic OH excluding ortho intramolecular Hbond substituents is 1. The third-order valence-electron chi connectivity index (χ3n) is 5.40. The number of hydrogen-bond donors (Lipinski definition) is 2. The van der Waals surface area contributed by atoms with Gasteiger partial charge in [-0.3, -0.25) is 4.99 Å². The van der Waals surface area contributed by atoms with Gasteiger partial charge in [-0.25, -0.2) is 0 Å². The summed E-state index contributed by atoms with van der Waals surface area (Å²) in [5.41, 5.74) is 2.20. The zero-order valence-corrected chi connectivity index (χ0v) is 16.2. The number of piperazine rings is 1. The van der Waals surface area contributed by atoms with Gasteiger partial charge in [-0.15, -0.1) is 0 Å². The Kier molecular flexibility index (Phi) is 5.12. The normalized spacial score (nSPS) is 22.7. The van der Waals surface area contributed by atoms with Gasteiger partial charge in [-0.2, -0.15) is 0 Å². The summed E-state index contributed by atoms with van der Waals surface area (Å²) in [6, 6.07) is 16.1. The molecule has 1 saturated carbocycles. The third-order valence-corrected chi connectivity index (χ3v) is 5.63. The number of aromatic hydroxyl groups is 1. The fourth-order valence-electron chi connectivity index (χ4n) is 3.81. The van der Waals surface area contributed by atoms with Gasteiger partial charge in [0.25, 0.3) is 0 Å². The summed E-state index contributed by atoms with van der Waals surface area (Å²) < 4.78 is 0. The predicted molar refractivity (Wildman–Crippen MR) is 111 cm³/mol. The van der Waals surface area contributed by atoms with Gasteiger partial charge in [-0.1, -0.05) is 35.9 Å². The number of phenols is 1. The van der Waals surface area contributed by atoms with E-state index in [-0.39, 0.29) is 0 Å². The molecule has 0 bridgehead atoms. The van der Waals surface area contributed by atoms with Gasteiger partial charge in [-0.05, 0) is 36.2 Å². The van der Waals surface area contributed by atoms with Crippen LogP contribution >= 0.6 is 11.6 Å². The van der Waals surface area contributed by atoms with E-state index in [9.17, 15) is 5.11 Å². The zero-order chi connectivity index (χ0) is 18.8. The van der Waals surface area contributed by atoms with Crippen LogP contribution in [0.3, 0.4) is 0 Å². The van der Waals surface area contributed by atoms with Crippen molar-refractivity contribution >= 4 is 23.2 Å². The number of para-hydroxylation sites is 2. The number of hydrogen-bond acceptors (Lipinski definition) is 3. The van der Waals surface area contributed by atoms with Gasteiger partial charge in [0.15, 0.2) is 5.96 Å². The standard InChI is InChI=1S/C21H25ClN4O/c1-23-21(24-18-14-17(18)15-5-4-6-16(22)13-15)26-11-9-25(10-12-26)19-7-2-3-8-20(19)27/h2-8,13,17-18,27H,9-12,14H2,1H3,(H,23,24). The summed E-state index contributed by atoms with van der Waals surface area (Å²) in [6.45, 7) is 3.48. The molecule has 1 aliphatic heterocycles. The van der Waals surface area contributed by atoms with E-state index in [0.29, 0.717) is 17.7 Å². The van der Waals surface area contributed by atoms with Crippen molar-refractivity contribution in [2.24, 2.45) is 4.99 Å². The van der Waals surface area contributed by atoms with Gasteiger partial charge in [0.1, 0.15) is 5.75 Å². The first-order valence-corrected chi connectivity index (χ1v) is 9.80. The maximum Gasteiger partial charge on any atom is 0.194 e. The molecule has 0 spiro atoms. The SMILES string of the molecule is CN=C(NC1CC1c1cccc(Cl)c1)N1CCN(c2ccccc2O)CC1. The van der Waals surface area contributed by atoms with Crippen molar-refractivity contribution in [3.8, 4) is 5.75 Å². The molecule has 0 radical (unpaired) electrons. The van der Waals surface area contributed by atoms with Crippen molar-refractivity contribution in [2.45, 2.75) is 18.4 Å². The third kappa shape index (κ3) is 3.98. The van der Waals surface area contributed by atoms with Gasteiger partial charge < -0.3 is 20.2 Å². The van der Waals surface area contributed by atoms with Gasteiger partial charge in [0, 0.05) is 50.2 Å². The molecule has 5 nitrogen and oxygen atoms in total. The van der Waals surface area contributed by atoms with Gasteiger partial charge in [0.05, 0.1) is 5.69 Å². The lowest BCUT2D eigenvalue weighted by Gasteiger charge is -2.38. The maximum atomic E-state index is 10.1. The molecule has 2 fully saturated rings. The minimum absolute atomic E-state index is 0.343. The fourth-order valence-corrected chi connectivity index (χ4v) is 4.01. The van der Waals surface area contributed by atoms with E-state index in [2.05, 4.69) is 32.2 Å². The molecule has 6 heteroatoms. The molecule has 2 unspecified atom stereocenters. The lowest BCUT2D eigenvalue weighted by Crippen LogP contribution is -2.53. The second kappa shape index (κ2) is 7.69. The number of anilines is 1. The maximum absolute atomic E-state index is 10.1. The van der Waals surface area contributed by atoms with Crippen LogP contribution in [0.15, 0.2) is 53.5 Å². The highest BCUT2D eigenvalue weighted by atomic mass is 35.5. The summed E-state index contributed by atoms with van der Waals surface area (Å²) in [6.07, 6.45) is 1.11. The number of guanidine groups is 1. The number of rotatable bonds is 3. The Morgan fingerprint density at radius 1 is 1.11 bits per heavy atom. The minimum Gasteiger partial charge on any atom is -0.506 e. The molecular weight excluding hydrogens is 360 g/mol. The molecule has 2 aliphatic rings. The monoisotopic (exact) mass is 384 g/mol. The quantitative estimate of drug-likeness (QED) is 0.629. The van der Waals surface area contributed by atoms with Crippen LogP contribution < -0.4 is 10.2 Å². The molecule has 4 rings (SSSR count). The van der Waals surface area contributed by atoms with E-state index in [1.165, 1.54) is 5.56 Å². The first-order chi connectivity index (χ1) is 13.2. The molecule has 0 amide bonds. The summed E-state index contributed by atoms with van der Waals surface area (Å²) >= 11 is 6.12. The Morgan fingerprint density at radius 3 is 2.59 bits per heavy atom. The molecular formula is C21H25ClN4O. The number of halogens is 1. The number of nitrogens with one attached hydrogen (secondary N) is 1. The summed E-state index contributed by atoms with van der Waals surface area (Å²) in [5.74, 6) is 1.81. The highest BCUT2D eigenvalue weighted by Gasteiger charge is 2.40. The number of aliphatic imine (C=N–C) groups is 1. The molecule has 0 aromatic heterocycles. The second-order valence-electron chi connectivity index (χ2n) is 7.16. The first kappa shape index (κ1) is 18.0. The fraction of sp³-hybridized carbons (Fsp3) is 0.381. The summed E-state index contributed by atoms with van der Waals surface area (Å²) in [7, 11) is 1.84. The second-order valence-corrected chi connectivity index (χ2v) is 7.59. The highest BCUT2D eigenvalue weighted by Crippen LogP contribution is 2.41. The smallest absolute Gasteiger partial charge is 0.194 e. The Bertz CT molecular complexity index is 832. The van der Waals surface area contributed by atoms with E-state index in [4.69, 9.17) is 11.6 Å². The van der Waals surface area contributed by atoms with Crippen LogP contribution in [0.2, 0.25) is 5.02 Å². The minimum atomic E-state index is 0.343. The van der Waals surface area contributed by atoms with Crippen LogP contribution in [0.4, 0.5) is 5.69 Å². The van der Waals surface area contributed by atoms with Crippen LogP contribution in [0.1, 0.15) is 17.9 Å². The molecule has 1 aliphatic carbocycles. The van der Waals surface area contributed by atoms with Crippen LogP contribution in [0.25, 0.3) is 0 Å². The van der Waals surface area contributed by atoms with E-state index in [1.54, 1.807) is 6.07 Å². The largest absolute Gasteiger partial charge is 0.506 e. The number of benzene rings is 2. The molecule has 2 N–H and O–H groups in total. The first-order valence-electron chi connectivity index (χ1n) is 9.42. The van der Waals surface area contributed by atoms with E-state index in [1.807, 2.05) is 37.4 Å². The average molecular weight is 385 g/mol. The highest BCUT2D eigenvalue weighted by molar-refractivity contribution is 6.30. The van der Waals surface area contributed by atoms with Crippen molar-refractivity contribution in [1.82, 2.24) is 10.2 Å². The molecule has 1 heterocycles. The van der Waals surface area contributed by atoms with E-state index < -0.39 is 0 Å². The van der Waals surface area contributed by atoms with Gasteiger partial charge >= 0.3 is 0 Å². The molecule has 2 atom stereocenters. The van der Waals surface area contributed by atoms with Crippen molar-refractivity contribution < 1.29 is 5.11 Å². The molecule has 1 saturated heterocycles. The van der Waals surface area contributed by atoms with Crippen molar-refractivity contribution in [3.05, 3.63) is 59.1 Å². The van der Waals surface area contributed by atoms with Gasteiger partial charge in [0.2, 0.25) is 0 Å². The van der Waals surface area contributed by atoms with E-state index in [0.717, 1.165) is 49.3 Å². The van der Waals surface area contributed by atoms with Crippen molar-refractivity contribution in [3.63, 3.8) is 0 Å².